The van der Waals surface area contributed by atoms with Gasteiger partial charge >= 0.3 is 0 Å². The quantitative estimate of drug-likeness (QED) is 0.931. The van der Waals surface area contributed by atoms with Crippen molar-refractivity contribution in [1.82, 2.24) is 14.8 Å². The van der Waals surface area contributed by atoms with Gasteiger partial charge < -0.3 is 5.32 Å². The molecule has 0 aliphatic heterocycles. The Labute approximate surface area is 107 Å². The molecule has 7 heteroatoms. The second-order valence-corrected chi connectivity index (χ2v) is 4.80. The summed E-state index contributed by atoms with van der Waals surface area (Å²) in [7, 11) is 0. The van der Waals surface area contributed by atoms with Crippen LogP contribution in [0.5, 0.6) is 0 Å². The van der Waals surface area contributed by atoms with Crippen molar-refractivity contribution in [3.8, 4) is 0 Å². The summed E-state index contributed by atoms with van der Waals surface area (Å²) in [5.74, 6) is -0.165. The summed E-state index contributed by atoms with van der Waals surface area (Å²) in [5, 5.41) is 9.87. The molecule has 0 bridgehead atoms. The number of hydrogen-bond acceptors (Lipinski definition) is 4. The van der Waals surface area contributed by atoms with Gasteiger partial charge in [0.05, 0.1) is 16.4 Å². The van der Waals surface area contributed by atoms with Crippen LogP contribution in [0.4, 0.5) is 5.13 Å². The molecule has 0 aromatic carbocycles. The van der Waals surface area contributed by atoms with E-state index < -0.39 is 0 Å². The highest BCUT2D eigenvalue weighted by Gasteiger charge is 2.12. The third kappa shape index (κ3) is 2.65. The van der Waals surface area contributed by atoms with E-state index in [-0.39, 0.29) is 12.5 Å². The second kappa shape index (κ2) is 4.85. The van der Waals surface area contributed by atoms with E-state index in [9.17, 15) is 4.79 Å². The summed E-state index contributed by atoms with van der Waals surface area (Å²) in [5.41, 5.74) is 1.52. The topological polar surface area (TPSA) is 59.8 Å². The van der Waals surface area contributed by atoms with Crippen LogP contribution in [-0.2, 0) is 11.3 Å². The minimum Gasteiger partial charge on any atom is -0.300 e. The Kier molecular flexibility index (Phi) is 3.44. The van der Waals surface area contributed by atoms with Crippen LogP contribution in [0.25, 0.3) is 0 Å². The van der Waals surface area contributed by atoms with Crippen LogP contribution in [0.15, 0.2) is 11.6 Å². The summed E-state index contributed by atoms with van der Waals surface area (Å²) in [6.45, 7) is 3.78. The SMILES string of the molecule is Cc1nn(CC(=O)Nc2nccs2)c(C)c1Cl. The fraction of sp³-hybridized carbons (Fsp3) is 0.300. The largest absolute Gasteiger partial charge is 0.300 e. The fourth-order valence-electron chi connectivity index (χ4n) is 1.41. The van der Waals surface area contributed by atoms with Gasteiger partial charge in [0, 0.05) is 11.6 Å². The first-order valence-electron chi connectivity index (χ1n) is 4.97. The number of nitrogens with one attached hydrogen (secondary N) is 1. The smallest absolute Gasteiger partial charge is 0.247 e. The van der Waals surface area contributed by atoms with Crippen molar-refractivity contribution in [3.63, 3.8) is 0 Å². The Bertz CT molecular complexity index is 535. The summed E-state index contributed by atoms with van der Waals surface area (Å²) in [4.78, 5) is 15.7. The maximum atomic E-state index is 11.7. The number of aromatic nitrogens is 3. The number of carbonyl (C=O) groups is 1. The Morgan fingerprint density at radius 3 is 2.88 bits per heavy atom. The number of halogens is 1. The molecule has 1 N–H and O–H groups in total. The lowest BCUT2D eigenvalue weighted by molar-refractivity contribution is -0.116. The molecule has 2 aromatic heterocycles. The van der Waals surface area contributed by atoms with Crippen molar-refractivity contribution in [2.24, 2.45) is 0 Å². The molecule has 2 aromatic rings. The average Bonchev–Trinajstić information content (AvgIpc) is 2.85. The Morgan fingerprint density at radius 1 is 1.59 bits per heavy atom. The van der Waals surface area contributed by atoms with E-state index in [4.69, 9.17) is 11.6 Å². The zero-order valence-corrected chi connectivity index (χ0v) is 11.0. The molecule has 0 radical (unpaired) electrons. The van der Waals surface area contributed by atoms with E-state index >= 15 is 0 Å². The zero-order chi connectivity index (χ0) is 12.4. The Balaban J connectivity index is 2.06. The molecule has 0 saturated heterocycles. The number of amides is 1. The normalized spacial score (nSPS) is 10.5. The van der Waals surface area contributed by atoms with Crippen LogP contribution in [0.3, 0.4) is 0 Å². The molecule has 0 aliphatic carbocycles. The minimum absolute atomic E-state index is 0.138. The molecule has 90 valence electrons. The van der Waals surface area contributed by atoms with Crippen molar-refractivity contribution < 1.29 is 4.79 Å². The molecule has 1 amide bonds. The first-order valence-corrected chi connectivity index (χ1v) is 6.22. The maximum absolute atomic E-state index is 11.7. The number of thiazole rings is 1. The highest BCUT2D eigenvalue weighted by Crippen LogP contribution is 2.19. The molecule has 5 nitrogen and oxygen atoms in total. The van der Waals surface area contributed by atoms with Crippen molar-refractivity contribution >= 4 is 34.0 Å². The summed E-state index contributed by atoms with van der Waals surface area (Å²) >= 11 is 7.37. The van der Waals surface area contributed by atoms with Gasteiger partial charge in [0.25, 0.3) is 0 Å². The summed E-state index contributed by atoms with van der Waals surface area (Å²) < 4.78 is 1.58. The second-order valence-electron chi connectivity index (χ2n) is 3.53. The number of rotatable bonds is 3. The van der Waals surface area contributed by atoms with Crippen molar-refractivity contribution in [2.45, 2.75) is 20.4 Å². The third-order valence-electron chi connectivity index (χ3n) is 2.27. The fourth-order valence-corrected chi connectivity index (χ4v) is 2.09. The predicted molar refractivity (Wildman–Crippen MR) is 67.5 cm³/mol. The molecule has 0 atom stereocenters. The van der Waals surface area contributed by atoms with Gasteiger partial charge in [-0.3, -0.25) is 9.48 Å². The number of anilines is 1. The van der Waals surface area contributed by atoms with Gasteiger partial charge in [-0.25, -0.2) is 4.98 Å². The number of nitrogens with zero attached hydrogens (tertiary/aromatic N) is 3. The van der Waals surface area contributed by atoms with Crippen LogP contribution in [0.1, 0.15) is 11.4 Å². The molecule has 0 spiro atoms. The first kappa shape index (κ1) is 12.1. The first-order chi connectivity index (χ1) is 8.08. The lowest BCUT2D eigenvalue weighted by Crippen LogP contribution is -2.20. The van der Waals surface area contributed by atoms with Gasteiger partial charge in [-0.15, -0.1) is 11.3 Å². The van der Waals surface area contributed by atoms with Crippen LogP contribution < -0.4 is 5.32 Å². The van der Waals surface area contributed by atoms with Crippen molar-refractivity contribution in [2.75, 3.05) is 5.32 Å². The summed E-state index contributed by atoms with van der Waals surface area (Å²) in [6, 6.07) is 0. The van der Waals surface area contributed by atoms with Gasteiger partial charge in [0.2, 0.25) is 5.91 Å². The van der Waals surface area contributed by atoms with Gasteiger partial charge in [-0.2, -0.15) is 5.10 Å². The number of hydrogen-bond donors (Lipinski definition) is 1. The molecular weight excluding hydrogens is 260 g/mol. The van der Waals surface area contributed by atoms with Gasteiger partial charge in [-0.05, 0) is 13.8 Å². The maximum Gasteiger partial charge on any atom is 0.247 e. The van der Waals surface area contributed by atoms with E-state index in [0.29, 0.717) is 10.2 Å². The van der Waals surface area contributed by atoms with Crippen LogP contribution in [0, 0.1) is 13.8 Å². The lowest BCUT2D eigenvalue weighted by Gasteiger charge is -2.03. The molecule has 0 aliphatic rings. The van der Waals surface area contributed by atoms with E-state index in [1.54, 1.807) is 16.3 Å². The Hall–Kier alpha value is -1.40. The van der Waals surface area contributed by atoms with Crippen LogP contribution >= 0.6 is 22.9 Å². The van der Waals surface area contributed by atoms with E-state index in [0.717, 1.165) is 11.4 Å². The molecule has 2 rings (SSSR count). The molecule has 0 fully saturated rings. The average molecular weight is 271 g/mol. The van der Waals surface area contributed by atoms with Crippen LogP contribution in [0.2, 0.25) is 5.02 Å². The highest BCUT2D eigenvalue weighted by molar-refractivity contribution is 7.13. The number of carbonyl (C=O) groups excluding carboxylic acids is 1. The van der Waals surface area contributed by atoms with E-state index in [1.807, 2.05) is 13.8 Å². The molecule has 17 heavy (non-hydrogen) atoms. The Morgan fingerprint density at radius 2 is 2.35 bits per heavy atom. The highest BCUT2D eigenvalue weighted by atomic mass is 35.5. The molecule has 2 heterocycles. The van der Waals surface area contributed by atoms with Crippen molar-refractivity contribution in [3.05, 3.63) is 28.0 Å². The van der Waals surface area contributed by atoms with Gasteiger partial charge in [0.1, 0.15) is 6.54 Å². The zero-order valence-electron chi connectivity index (χ0n) is 9.40. The van der Waals surface area contributed by atoms with Crippen LogP contribution in [-0.4, -0.2) is 20.7 Å². The third-order valence-corrected chi connectivity index (χ3v) is 3.50. The van der Waals surface area contributed by atoms with E-state index in [1.165, 1.54) is 11.3 Å². The molecular formula is C10H11ClN4OS. The minimum atomic E-state index is -0.165. The predicted octanol–water partition coefficient (Wildman–Crippen LogP) is 2.25. The monoisotopic (exact) mass is 270 g/mol. The lowest BCUT2D eigenvalue weighted by atomic mass is 10.4. The van der Waals surface area contributed by atoms with Gasteiger partial charge in [-0.1, -0.05) is 11.6 Å². The standard InChI is InChI=1S/C10H11ClN4OS/c1-6-9(11)7(2)15(14-6)5-8(16)13-10-12-3-4-17-10/h3-4H,5H2,1-2H3,(H,12,13,16). The number of aryl methyl sites for hydroxylation is 1. The van der Waals surface area contributed by atoms with E-state index in [2.05, 4.69) is 15.4 Å². The molecule has 0 unspecified atom stereocenters. The van der Waals surface area contributed by atoms with Gasteiger partial charge in [0.15, 0.2) is 5.13 Å². The molecule has 0 saturated carbocycles. The summed E-state index contributed by atoms with van der Waals surface area (Å²) in [6.07, 6.45) is 1.64. The van der Waals surface area contributed by atoms with Crippen molar-refractivity contribution in [1.29, 1.82) is 0 Å².